The molecule has 0 radical (unpaired) electrons. The van der Waals surface area contributed by atoms with E-state index < -0.39 is 0 Å². The van der Waals surface area contributed by atoms with Gasteiger partial charge in [0.15, 0.2) is 0 Å². The van der Waals surface area contributed by atoms with E-state index in [2.05, 4.69) is 30.3 Å². The molecule has 0 saturated heterocycles. The summed E-state index contributed by atoms with van der Waals surface area (Å²) >= 11 is 2.08. The van der Waals surface area contributed by atoms with Crippen molar-refractivity contribution in [1.82, 2.24) is 5.32 Å². The topological polar surface area (TPSA) is 12.0 Å². The highest BCUT2D eigenvalue weighted by atomic mass is 32.2. The quantitative estimate of drug-likeness (QED) is 0.788. The largest absolute Gasteiger partial charge is 0.315 e. The van der Waals surface area contributed by atoms with Gasteiger partial charge in [0, 0.05) is 11.3 Å². The highest BCUT2D eigenvalue weighted by Gasteiger charge is 2.35. The van der Waals surface area contributed by atoms with E-state index in [-0.39, 0.29) is 0 Å². The molecule has 0 bridgehead atoms. The smallest absolute Gasteiger partial charge is 0.0281 e. The van der Waals surface area contributed by atoms with Crippen molar-refractivity contribution in [2.24, 2.45) is 11.8 Å². The standard InChI is InChI=1S/C14H27NS/c1-12-5-3-6-13(9-12)10-15-11-14(16-2)7-4-8-14/h12-13,15H,3-11H2,1-2H3. The lowest BCUT2D eigenvalue weighted by Gasteiger charge is -2.41. The third-order valence-corrected chi connectivity index (χ3v) is 6.04. The molecular weight excluding hydrogens is 214 g/mol. The van der Waals surface area contributed by atoms with Crippen molar-refractivity contribution in [3.05, 3.63) is 0 Å². The number of nitrogens with one attached hydrogen (secondary N) is 1. The fourth-order valence-electron chi connectivity index (χ4n) is 3.27. The summed E-state index contributed by atoms with van der Waals surface area (Å²) in [7, 11) is 0. The van der Waals surface area contributed by atoms with Gasteiger partial charge in [-0.2, -0.15) is 11.8 Å². The van der Waals surface area contributed by atoms with Crippen LogP contribution in [0.15, 0.2) is 0 Å². The van der Waals surface area contributed by atoms with E-state index in [4.69, 9.17) is 0 Å². The lowest BCUT2D eigenvalue weighted by Crippen LogP contribution is -2.44. The van der Waals surface area contributed by atoms with E-state index in [9.17, 15) is 0 Å². The second-order valence-corrected chi connectivity index (χ2v) is 7.28. The molecule has 2 heteroatoms. The van der Waals surface area contributed by atoms with E-state index in [0.717, 1.165) is 11.8 Å². The molecule has 94 valence electrons. The van der Waals surface area contributed by atoms with Crippen LogP contribution in [0.25, 0.3) is 0 Å². The molecule has 2 atom stereocenters. The SMILES string of the molecule is CSC1(CNCC2CCCC(C)C2)CCC1. The first kappa shape index (κ1) is 12.8. The van der Waals surface area contributed by atoms with Gasteiger partial charge in [-0.15, -0.1) is 0 Å². The summed E-state index contributed by atoms with van der Waals surface area (Å²) in [6.07, 6.45) is 12.4. The van der Waals surface area contributed by atoms with E-state index >= 15 is 0 Å². The van der Waals surface area contributed by atoms with Gasteiger partial charge in [-0.3, -0.25) is 0 Å². The molecular formula is C14H27NS. The molecule has 0 spiro atoms. The maximum absolute atomic E-state index is 3.75. The fourth-order valence-corrected chi connectivity index (χ4v) is 4.22. The molecule has 2 fully saturated rings. The molecule has 1 nitrogen and oxygen atoms in total. The van der Waals surface area contributed by atoms with Crippen LogP contribution in [0, 0.1) is 11.8 Å². The van der Waals surface area contributed by atoms with E-state index in [1.807, 2.05) is 0 Å². The van der Waals surface area contributed by atoms with E-state index in [0.29, 0.717) is 4.75 Å². The van der Waals surface area contributed by atoms with E-state index in [1.54, 1.807) is 0 Å². The Morgan fingerprint density at radius 1 is 1.25 bits per heavy atom. The first-order valence-corrected chi connectivity index (χ1v) is 8.22. The van der Waals surface area contributed by atoms with Crippen LogP contribution < -0.4 is 5.32 Å². The summed E-state index contributed by atoms with van der Waals surface area (Å²) in [6, 6.07) is 0. The zero-order chi connectivity index (χ0) is 11.4. The molecule has 0 aromatic heterocycles. The fraction of sp³-hybridized carbons (Fsp3) is 1.00. The second-order valence-electron chi connectivity index (χ2n) is 6.01. The molecule has 2 saturated carbocycles. The predicted molar refractivity (Wildman–Crippen MR) is 74.1 cm³/mol. The zero-order valence-electron chi connectivity index (χ0n) is 10.9. The van der Waals surface area contributed by atoms with Gasteiger partial charge >= 0.3 is 0 Å². The Kier molecular flexibility index (Phi) is 4.60. The van der Waals surface area contributed by atoms with Gasteiger partial charge in [0.05, 0.1) is 0 Å². The van der Waals surface area contributed by atoms with Crippen molar-refractivity contribution in [1.29, 1.82) is 0 Å². The monoisotopic (exact) mass is 241 g/mol. The van der Waals surface area contributed by atoms with Crippen LogP contribution in [0.2, 0.25) is 0 Å². The Morgan fingerprint density at radius 3 is 2.62 bits per heavy atom. The van der Waals surface area contributed by atoms with Crippen LogP contribution in [0.5, 0.6) is 0 Å². The zero-order valence-corrected chi connectivity index (χ0v) is 11.7. The number of rotatable bonds is 5. The summed E-state index contributed by atoms with van der Waals surface area (Å²) in [4.78, 5) is 0. The molecule has 0 amide bonds. The van der Waals surface area contributed by atoms with Crippen molar-refractivity contribution in [2.45, 2.75) is 56.6 Å². The van der Waals surface area contributed by atoms with Gasteiger partial charge in [0.1, 0.15) is 0 Å². The van der Waals surface area contributed by atoms with Crippen molar-refractivity contribution in [3.8, 4) is 0 Å². The first-order valence-electron chi connectivity index (χ1n) is 7.00. The van der Waals surface area contributed by atoms with Gasteiger partial charge in [-0.1, -0.05) is 26.2 Å². The van der Waals surface area contributed by atoms with Crippen molar-refractivity contribution >= 4 is 11.8 Å². The number of thioether (sulfide) groups is 1. The molecule has 2 rings (SSSR count). The summed E-state index contributed by atoms with van der Waals surface area (Å²) in [6.45, 7) is 4.94. The summed E-state index contributed by atoms with van der Waals surface area (Å²) < 4.78 is 0.611. The normalized spacial score (nSPS) is 33.4. The molecule has 0 aromatic carbocycles. The lowest BCUT2D eigenvalue weighted by molar-refractivity contribution is 0.263. The minimum atomic E-state index is 0.611. The van der Waals surface area contributed by atoms with Crippen LogP contribution in [0.1, 0.15) is 51.9 Å². The van der Waals surface area contributed by atoms with Gasteiger partial charge in [-0.25, -0.2) is 0 Å². The third kappa shape index (κ3) is 3.16. The minimum absolute atomic E-state index is 0.611. The Morgan fingerprint density at radius 2 is 2.06 bits per heavy atom. The predicted octanol–water partition coefficient (Wildman–Crippen LogP) is 3.69. The number of hydrogen-bond acceptors (Lipinski definition) is 2. The van der Waals surface area contributed by atoms with Crippen LogP contribution in [0.3, 0.4) is 0 Å². The highest BCUT2D eigenvalue weighted by Crippen LogP contribution is 2.42. The Hall–Kier alpha value is 0.310. The lowest BCUT2D eigenvalue weighted by atomic mass is 9.81. The van der Waals surface area contributed by atoms with Crippen molar-refractivity contribution < 1.29 is 0 Å². The molecule has 0 aliphatic heterocycles. The molecule has 16 heavy (non-hydrogen) atoms. The molecule has 0 heterocycles. The molecule has 2 aliphatic rings. The van der Waals surface area contributed by atoms with Crippen LogP contribution in [-0.4, -0.2) is 24.1 Å². The van der Waals surface area contributed by atoms with Crippen molar-refractivity contribution in [3.63, 3.8) is 0 Å². The Balaban J connectivity index is 1.63. The second kappa shape index (κ2) is 5.77. The maximum atomic E-state index is 3.75. The molecule has 2 unspecified atom stereocenters. The van der Waals surface area contributed by atoms with Gasteiger partial charge in [0.2, 0.25) is 0 Å². The molecule has 0 aromatic rings. The Bertz CT molecular complexity index is 207. The van der Waals surface area contributed by atoms with Crippen LogP contribution in [-0.2, 0) is 0 Å². The highest BCUT2D eigenvalue weighted by molar-refractivity contribution is 8.00. The third-order valence-electron chi connectivity index (χ3n) is 4.62. The van der Waals surface area contributed by atoms with Gasteiger partial charge in [-0.05, 0) is 50.3 Å². The van der Waals surface area contributed by atoms with Crippen molar-refractivity contribution in [2.75, 3.05) is 19.3 Å². The van der Waals surface area contributed by atoms with Gasteiger partial charge in [0.25, 0.3) is 0 Å². The average molecular weight is 241 g/mol. The Labute approximate surface area is 105 Å². The maximum Gasteiger partial charge on any atom is 0.0281 e. The molecule has 1 N–H and O–H groups in total. The average Bonchev–Trinajstić information content (AvgIpc) is 2.22. The summed E-state index contributed by atoms with van der Waals surface area (Å²) in [5.41, 5.74) is 0. The summed E-state index contributed by atoms with van der Waals surface area (Å²) in [5, 5.41) is 3.75. The van der Waals surface area contributed by atoms with Crippen LogP contribution >= 0.6 is 11.8 Å². The minimum Gasteiger partial charge on any atom is -0.315 e. The van der Waals surface area contributed by atoms with Crippen LogP contribution in [0.4, 0.5) is 0 Å². The first-order chi connectivity index (χ1) is 7.74. The van der Waals surface area contributed by atoms with E-state index in [1.165, 1.54) is 58.0 Å². The summed E-state index contributed by atoms with van der Waals surface area (Å²) in [5.74, 6) is 1.93. The number of hydrogen-bond donors (Lipinski definition) is 1. The van der Waals surface area contributed by atoms with Gasteiger partial charge < -0.3 is 5.32 Å². The molecule has 2 aliphatic carbocycles.